The highest BCUT2D eigenvalue weighted by molar-refractivity contribution is 6.39. The molecule has 0 aliphatic carbocycles. The van der Waals surface area contributed by atoms with E-state index in [1.807, 2.05) is 51.7 Å². The maximum Gasteiger partial charge on any atom is 0.313 e. The van der Waals surface area contributed by atoms with Crippen LogP contribution in [0.15, 0.2) is 36.5 Å². The Kier molecular flexibility index (Phi) is 8.68. The normalized spacial score (nSPS) is 20.4. The van der Waals surface area contributed by atoms with Gasteiger partial charge in [0.05, 0.1) is 17.9 Å². The number of benzene rings is 1. The molecule has 2 aliphatic rings. The van der Waals surface area contributed by atoms with Gasteiger partial charge in [-0.3, -0.25) is 14.4 Å². The Hall–Kier alpha value is -3.66. The minimum absolute atomic E-state index is 0.0248. The molecule has 3 heterocycles. The number of hydrogen-bond acceptors (Lipinski definition) is 7. The second kappa shape index (κ2) is 11.8. The number of nitrogens with two attached hydrogens (primary N) is 1. The number of hydrogen-bond donors (Lipinski definition) is 2. The number of piperazine rings is 2. The van der Waals surface area contributed by atoms with Crippen molar-refractivity contribution in [3.05, 3.63) is 47.7 Å². The highest BCUT2D eigenvalue weighted by Crippen LogP contribution is 2.33. The standard InChI is InChI=1S/C30H43N7O3/c1-7-21-15-23(17-32-26(21)31)33-27(38)28(39)37-18-20(2)36(29(40)30(3,4)5)19-25(37)22-9-8-10-24(16-22)35-13-11-34(6)12-14-35/h8-10,15-17,20,25H,7,11-14,18-19H2,1-6H3,(H2,31,32)(H,33,38)/t20-,25-/m1/s1. The molecule has 1 aromatic heterocycles. The van der Waals surface area contributed by atoms with Crippen molar-refractivity contribution in [2.75, 3.05) is 62.3 Å². The average Bonchev–Trinajstić information content (AvgIpc) is 2.93. The van der Waals surface area contributed by atoms with Gasteiger partial charge >= 0.3 is 11.8 Å². The van der Waals surface area contributed by atoms with E-state index in [0.717, 1.165) is 43.0 Å². The zero-order chi connectivity index (χ0) is 29.2. The molecule has 0 saturated carbocycles. The Balaban J connectivity index is 1.63. The lowest BCUT2D eigenvalue weighted by Gasteiger charge is -2.47. The van der Waals surface area contributed by atoms with Crippen molar-refractivity contribution in [1.82, 2.24) is 19.7 Å². The maximum atomic E-state index is 13.7. The van der Waals surface area contributed by atoms with Crippen LogP contribution in [0.5, 0.6) is 0 Å². The smallest absolute Gasteiger partial charge is 0.313 e. The van der Waals surface area contributed by atoms with Crippen LogP contribution >= 0.6 is 0 Å². The summed E-state index contributed by atoms with van der Waals surface area (Å²) >= 11 is 0. The highest BCUT2D eigenvalue weighted by atomic mass is 16.2. The van der Waals surface area contributed by atoms with Crippen molar-refractivity contribution in [3.63, 3.8) is 0 Å². The zero-order valence-corrected chi connectivity index (χ0v) is 24.6. The van der Waals surface area contributed by atoms with Crippen molar-refractivity contribution >= 4 is 34.9 Å². The van der Waals surface area contributed by atoms with Gasteiger partial charge in [0.2, 0.25) is 5.91 Å². The summed E-state index contributed by atoms with van der Waals surface area (Å²) in [7, 11) is 2.12. The molecule has 0 spiro atoms. The van der Waals surface area contributed by atoms with E-state index in [0.29, 0.717) is 24.5 Å². The Morgan fingerprint density at radius 1 is 1.05 bits per heavy atom. The lowest BCUT2D eigenvalue weighted by atomic mass is 9.91. The van der Waals surface area contributed by atoms with Crippen LogP contribution in [0.3, 0.4) is 0 Å². The third kappa shape index (κ3) is 6.38. The lowest BCUT2D eigenvalue weighted by molar-refractivity contribution is -0.154. The Bertz CT molecular complexity index is 1250. The van der Waals surface area contributed by atoms with Crippen molar-refractivity contribution in [1.29, 1.82) is 0 Å². The molecule has 216 valence electrons. The summed E-state index contributed by atoms with van der Waals surface area (Å²) in [5.41, 5.74) is 8.54. The number of carbonyl (C=O) groups excluding carboxylic acids is 3. The molecule has 10 nitrogen and oxygen atoms in total. The largest absolute Gasteiger partial charge is 0.383 e. The summed E-state index contributed by atoms with van der Waals surface area (Å²) in [5, 5.41) is 2.71. The van der Waals surface area contributed by atoms with Gasteiger partial charge in [0.15, 0.2) is 0 Å². The van der Waals surface area contributed by atoms with Crippen LogP contribution in [0, 0.1) is 5.41 Å². The van der Waals surface area contributed by atoms with E-state index in [1.165, 1.54) is 6.20 Å². The number of likely N-dealkylation sites (N-methyl/N-ethyl adjacent to an activating group) is 1. The average molecular weight is 550 g/mol. The number of amides is 3. The third-order valence-electron chi connectivity index (χ3n) is 7.86. The van der Waals surface area contributed by atoms with Crippen LogP contribution in [0.25, 0.3) is 0 Å². The lowest BCUT2D eigenvalue weighted by Crippen LogP contribution is -2.60. The fraction of sp³-hybridized carbons (Fsp3) is 0.533. The number of anilines is 3. The molecule has 2 saturated heterocycles. The van der Waals surface area contributed by atoms with Gasteiger partial charge in [0, 0.05) is 56.4 Å². The molecule has 0 bridgehead atoms. The van der Waals surface area contributed by atoms with Crippen LogP contribution in [-0.4, -0.2) is 89.8 Å². The number of rotatable bonds is 4. The van der Waals surface area contributed by atoms with E-state index in [4.69, 9.17) is 5.73 Å². The van der Waals surface area contributed by atoms with Crippen molar-refractivity contribution in [2.45, 2.75) is 53.1 Å². The van der Waals surface area contributed by atoms with Gasteiger partial charge in [-0.1, -0.05) is 39.8 Å². The molecular formula is C30H43N7O3. The van der Waals surface area contributed by atoms with E-state index in [2.05, 4.69) is 39.3 Å². The second-order valence-corrected chi connectivity index (χ2v) is 12.0. The summed E-state index contributed by atoms with van der Waals surface area (Å²) in [6.07, 6.45) is 2.11. The molecule has 10 heteroatoms. The highest BCUT2D eigenvalue weighted by Gasteiger charge is 2.42. The first kappa shape index (κ1) is 29.3. The van der Waals surface area contributed by atoms with E-state index in [9.17, 15) is 14.4 Å². The number of nitrogens with zero attached hydrogens (tertiary/aromatic N) is 5. The zero-order valence-electron chi connectivity index (χ0n) is 24.6. The van der Waals surface area contributed by atoms with Crippen LogP contribution in [0.1, 0.15) is 51.8 Å². The topological polar surface area (TPSA) is 115 Å². The summed E-state index contributed by atoms with van der Waals surface area (Å²) in [6, 6.07) is 9.18. The third-order valence-corrected chi connectivity index (χ3v) is 7.86. The van der Waals surface area contributed by atoms with Gasteiger partial charge in [-0.25, -0.2) is 4.98 Å². The van der Waals surface area contributed by atoms with E-state index in [1.54, 1.807) is 11.0 Å². The maximum absolute atomic E-state index is 13.7. The van der Waals surface area contributed by atoms with Gasteiger partial charge in [0.25, 0.3) is 0 Å². The molecular weight excluding hydrogens is 506 g/mol. The summed E-state index contributed by atoms with van der Waals surface area (Å²) in [5.74, 6) is -0.950. The number of pyridine rings is 1. The number of nitrogens with one attached hydrogen (secondary N) is 1. The van der Waals surface area contributed by atoms with Crippen molar-refractivity contribution < 1.29 is 14.4 Å². The van der Waals surface area contributed by atoms with Gasteiger partial charge in [-0.05, 0) is 49.7 Å². The van der Waals surface area contributed by atoms with Crippen LogP contribution < -0.4 is 16.0 Å². The Morgan fingerprint density at radius 3 is 2.40 bits per heavy atom. The van der Waals surface area contributed by atoms with Gasteiger partial charge < -0.3 is 30.7 Å². The SMILES string of the molecule is CCc1cc(NC(=O)C(=O)N2C[C@@H](C)N(C(=O)C(C)(C)C)C[C@@H]2c2cccc(N3CCN(C)CC3)c2)cnc1N. The molecule has 2 atom stereocenters. The van der Waals surface area contributed by atoms with Gasteiger partial charge in [-0.15, -0.1) is 0 Å². The fourth-order valence-electron chi connectivity index (χ4n) is 5.38. The summed E-state index contributed by atoms with van der Waals surface area (Å²) in [4.78, 5) is 52.6. The molecule has 0 radical (unpaired) electrons. The predicted octanol–water partition coefficient (Wildman–Crippen LogP) is 2.76. The van der Waals surface area contributed by atoms with Crippen LogP contribution in [0.2, 0.25) is 0 Å². The molecule has 1 aromatic carbocycles. The Labute approximate surface area is 237 Å². The summed E-state index contributed by atoms with van der Waals surface area (Å²) < 4.78 is 0. The van der Waals surface area contributed by atoms with E-state index in [-0.39, 0.29) is 18.5 Å². The minimum Gasteiger partial charge on any atom is -0.383 e. The van der Waals surface area contributed by atoms with Crippen LogP contribution in [0.4, 0.5) is 17.2 Å². The van der Waals surface area contributed by atoms with Gasteiger partial charge in [0.1, 0.15) is 5.82 Å². The number of nitrogen functional groups attached to an aromatic ring is 1. The quantitative estimate of drug-likeness (QED) is 0.564. The predicted molar refractivity (Wildman–Crippen MR) is 158 cm³/mol. The molecule has 3 N–H and O–H groups in total. The molecule has 4 rings (SSSR count). The number of carbonyl (C=O) groups is 3. The van der Waals surface area contributed by atoms with Crippen molar-refractivity contribution in [2.24, 2.45) is 5.41 Å². The van der Waals surface area contributed by atoms with Crippen molar-refractivity contribution in [3.8, 4) is 0 Å². The molecule has 40 heavy (non-hydrogen) atoms. The number of aryl methyl sites for hydroxylation is 1. The minimum atomic E-state index is -0.739. The molecule has 2 fully saturated rings. The first-order valence-corrected chi connectivity index (χ1v) is 14.1. The van der Waals surface area contributed by atoms with E-state index < -0.39 is 23.3 Å². The monoisotopic (exact) mass is 549 g/mol. The first-order chi connectivity index (χ1) is 18.9. The number of aromatic nitrogens is 1. The molecule has 0 unspecified atom stereocenters. The second-order valence-electron chi connectivity index (χ2n) is 12.0. The van der Waals surface area contributed by atoms with Gasteiger partial charge in [-0.2, -0.15) is 0 Å². The Morgan fingerprint density at radius 2 is 1.75 bits per heavy atom. The fourth-order valence-corrected chi connectivity index (χ4v) is 5.38. The van der Waals surface area contributed by atoms with Crippen LogP contribution in [-0.2, 0) is 20.8 Å². The molecule has 2 aromatic rings. The first-order valence-electron chi connectivity index (χ1n) is 14.1. The molecule has 3 amide bonds. The summed E-state index contributed by atoms with van der Waals surface area (Å²) in [6.45, 7) is 13.9. The molecule has 2 aliphatic heterocycles. The van der Waals surface area contributed by atoms with E-state index >= 15 is 0 Å².